The Bertz CT molecular complexity index is 481. The number of aliphatic imine (C=N–C) groups is 1. The lowest BCUT2D eigenvalue weighted by Crippen LogP contribution is -2.39. The molecule has 2 heterocycles. The van der Waals surface area contributed by atoms with E-state index < -0.39 is 0 Å². The van der Waals surface area contributed by atoms with Crippen molar-refractivity contribution in [1.29, 1.82) is 0 Å². The average molecular weight is 459 g/mol. The first-order valence-corrected chi connectivity index (χ1v) is 9.36. The molecule has 0 radical (unpaired) electrons. The summed E-state index contributed by atoms with van der Waals surface area (Å²) in [5.74, 6) is 0.894. The van der Waals surface area contributed by atoms with E-state index in [4.69, 9.17) is 0 Å². The molecule has 0 aromatic carbocycles. The minimum atomic E-state index is 0. The second-order valence-electron chi connectivity index (χ2n) is 6.59. The molecule has 25 heavy (non-hydrogen) atoms. The van der Waals surface area contributed by atoms with Crippen molar-refractivity contribution in [2.45, 2.75) is 45.4 Å². The fourth-order valence-corrected chi connectivity index (χ4v) is 3.06. The van der Waals surface area contributed by atoms with Gasteiger partial charge in [0.05, 0.1) is 0 Å². The number of nitrogens with one attached hydrogen (secondary N) is 2. The molecule has 1 aromatic rings. The average Bonchev–Trinajstić information content (AvgIpc) is 2.87. The van der Waals surface area contributed by atoms with E-state index in [2.05, 4.69) is 37.6 Å². The lowest BCUT2D eigenvalue weighted by molar-refractivity contribution is 0.282. The molecule has 1 saturated heterocycles. The van der Waals surface area contributed by atoms with Crippen LogP contribution in [-0.2, 0) is 6.42 Å². The molecule has 0 aliphatic carbocycles. The van der Waals surface area contributed by atoms with Crippen LogP contribution in [0.1, 0.15) is 43.4 Å². The van der Waals surface area contributed by atoms with Gasteiger partial charge in [0, 0.05) is 32.0 Å². The maximum atomic E-state index is 4.33. The third kappa shape index (κ3) is 9.39. The maximum Gasteiger partial charge on any atom is 0.190 e. The molecule has 1 aromatic heterocycles. The first-order valence-electron chi connectivity index (χ1n) is 9.36. The molecular formula is C19H34IN5. The molecule has 5 nitrogen and oxygen atoms in total. The van der Waals surface area contributed by atoms with Gasteiger partial charge in [0.25, 0.3) is 0 Å². The van der Waals surface area contributed by atoms with Crippen LogP contribution >= 0.6 is 24.0 Å². The summed E-state index contributed by atoms with van der Waals surface area (Å²) in [6, 6.07) is 4.20. The lowest BCUT2D eigenvalue weighted by atomic mass is 10.2. The standard InChI is InChI=1S/C19H33N5.HI/c1-17-8-9-18(16-23-17)10-12-22-19(20-2)21-11-7-15-24-13-5-3-4-6-14-24;/h8-9,16H,3-7,10-15H2,1-2H3,(H2,20,21,22);1H. The first-order chi connectivity index (χ1) is 11.8. The molecule has 1 aliphatic rings. The number of aromatic nitrogens is 1. The minimum absolute atomic E-state index is 0. The van der Waals surface area contributed by atoms with E-state index >= 15 is 0 Å². The van der Waals surface area contributed by atoms with Crippen molar-refractivity contribution in [1.82, 2.24) is 20.5 Å². The number of nitrogens with zero attached hydrogens (tertiary/aromatic N) is 3. The number of hydrogen-bond acceptors (Lipinski definition) is 3. The quantitative estimate of drug-likeness (QED) is 0.285. The highest BCUT2D eigenvalue weighted by Crippen LogP contribution is 2.09. The summed E-state index contributed by atoms with van der Waals surface area (Å²) in [5.41, 5.74) is 2.32. The van der Waals surface area contributed by atoms with Crippen LogP contribution in [0.15, 0.2) is 23.3 Å². The number of likely N-dealkylation sites (tertiary alicyclic amines) is 1. The zero-order chi connectivity index (χ0) is 17.0. The molecule has 0 unspecified atom stereocenters. The van der Waals surface area contributed by atoms with E-state index in [1.54, 1.807) is 0 Å². The Kier molecular flexibility index (Phi) is 11.8. The molecule has 0 amide bonds. The van der Waals surface area contributed by atoms with Gasteiger partial charge in [0.15, 0.2) is 5.96 Å². The van der Waals surface area contributed by atoms with Gasteiger partial charge in [-0.3, -0.25) is 9.98 Å². The molecule has 6 heteroatoms. The van der Waals surface area contributed by atoms with Crippen molar-refractivity contribution >= 4 is 29.9 Å². The summed E-state index contributed by atoms with van der Waals surface area (Å²) in [6.07, 6.45) is 9.62. The minimum Gasteiger partial charge on any atom is -0.356 e. The van der Waals surface area contributed by atoms with Gasteiger partial charge in [0.2, 0.25) is 0 Å². The van der Waals surface area contributed by atoms with Crippen LogP contribution in [0, 0.1) is 6.92 Å². The van der Waals surface area contributed by atoms with Crippen molar-refractivity contribution in [2.75, 3.05) is 39.8 Å². The summed E-state index contributed by atoms with van der Waals surface area (Å²) in [6.45, 7) is 7.60. The number of aryl methyl sites for hydroxylation is 1. The number of rotatable bonds is 7. The van der Waals surface area contributed by atoms with Gasteiger partial charge >= 0.3 is 0 Å². The lowest BCUT2D eigenvalue weighted by Gasteiger charge is -2.20. The SMILES string of the molecule is CN=C(NCCCN1CCCCCC1)NCCc1ccc(C)nc1.I. The first kappa shape index (κ1) is 22.2. The Morgan fingerprint density at radius 3 is 2.48 bits per heavy atom. The van der Waals surface area contributed by atoms with Crippen LogP contribution in [-0.4, -0.2) is 55.6 Å². The van der Waals surface area contributed by atoms with Crippen molar-refractivity contribution < 1.29 is 0 Å². The highest BCUT2D eigenvalue weighted by atomic mass is 127. The fraction of sp³-hybridized carbons (Fsp3) is 0.684. The molecule has 0 saturated carbocycles. The van der Waals surface area contributed by atoms with E-state index in [0.717, 1.165) is 31.2 Å². The van der Waals surface area contributed by atoms with E-state index in [1.807, 2.05) is 20.2 Å². The maximum absolute atomic E-state index is 4.33. The number of guanidine groups is 1. The molecule has 2 rings (SSSR count). The monoisotopic (exact) mass is 459 g/mol. The van der Waals surface area contributed by atoms with Crippen molar-refractivity contribution in [3.8, 4) is 0 Å². The molecule has 1 fully saturated rings. The predicted octanol–water partition coefficient (Wildman–Crippen LogP) is 2.98. The Hall–Kier alpha value is -0.890. The van der Waals surface area contributed by atoms with Gasteiger partial charge < -0.3 is 15.5 Å². The van der Waals surface area contributed by atoms with Crippen LogP contribution in [0.2, 0.25) is 0 Å². The van der Waals surface area contributed by atoms with Crippen LogP contribution in [0.3, 0.4) is 0 Å². The van der Waals surface area contributed by atoms with Gasteiger partial charge in [-0.05, 0) is 63.9 Å². The molecule has 2 N–H and O–H groups in total. The Morgan fingerprint density at radius 2 is 1.84 bits per heavy atom. The van der Waals surface area contributed by atoms with Gasteiger partial charge in [-0.15, -0.1) is 24.0 Å². The molecular weight excluding hydrogens is 425 g/mol. The number of halogens is 1. The summed E-state index contributed by atoms with van der Waals surface area (Å²) in [4.78, 5) is 11.2. The Morgan fingerprint density at radius 1 is 1.12 bits per heavy atom. The van der Waals surface area contributed by atoms with E-state index in [9.17, 15) is 0 Å². The summed E-state index contributed by atoms with van der Waals surface area (Å²) in [7, 11) is 1.83. The topological polar surface area (TPSA) is 52.6 Å². The third-order valence-corrected chi connectivity index (χ3v) is 4.54. The molecule has 1 aliphatic heterocycles. The zero-order valence-electron chi connectivity index (χ0n) is 15.8. The highest BCUT2D eigenvalue weighted by Gasteiger charge is 2.08. The second-order valence-corrected chi connectivity index (χ2v) is 6.59. The number of pyridine rings is 1. The van der Waals surface area contributed by atoms with E-state index in [-0.39, 0.29) is 24.0 Å². The van der Waals surface area contributed by atoms with E-state index in [1.165, 1.54) is 57.3 Å². The molecule has 142 valence electrons. The van der Waals surface area contributed by atoms with E-state index in [0.29, 0.717) is 0 Å². The molecule has 0 bridgehead atoms. The van der Waals surface area contributed by atoms with Gasteiger partial charge in [0.1, 0.15) is 0 Å². The van der Waals surface area contributed by atoms with Crippen molar-refractivity contribution in [2.24, 2.45) is 4.99 Å². The van der Waals surface area contributed by atoms with Gasteiger partial charge in [-0.2, -0.15) is 0 Å². The largest absolute Gasteiger partial charge is 0.356 e. The van der Waals surface area contributed by atoms with Crippen LogP contribution in [0.4, 0.5) is 0 Å². The van der Waals surface area contributed by atoms with Crippen LogP contribution < -0.4 is 10.6 Å². The van der Waals surface area contributed by atoms with Gasteiger partial charge in [-0.1, -0.05) is 18.9 Å². The molecule has 0 atom stereocenters. The Labute approximate surface area is 170 Å². The van der Waals surface area contributed by atoms with Crippen molar-refractivity contribution in [3.05, 3.63) is 29.6 Å². The van der Waals surface area contributed by atoms with Crippen LogP contribution in [0.5, 0.6) is 0 Å². The normalized spacial score (nSPS) is 16.0. The van der Waals surface area contributed by atoms with Crippen molar-refractivity contribution in [3.63, 3.8) is 0 Å². The summed E-state index contributed by atoms with van der Waals surface area (Å²) >= 11 is 0. The fourth-order valence-electron chi connectivity index (χ4n) is 3.06. The summed E-state index contributed by atoms with van der Waals surface area (Å²) in [5, 5.41) is 6.80. The third-order valence-electron chi connectivity index (χ3n) is 4.54. The molecule has 0 spiro atoms. The smallest absolute Gasteiger partial charge is 0.190 e. The number of hydrogen-bond donors (Lipinski definition) is 2. The summed E-state index contributed by atoms with van der Waals surface area (Å²) < 4.78 is 0. The second kappa shape index (κ2) is 13.3. The van der Waals surface area contributed by atoms with Gasteiger partial charge in [-0.25, -0.2) is 0 Å². The zero-order valence-corrected chi connectivity index (χ0v) is 18.1. The Balaban J connectivity index is 0.00000312. The predicted molar refractivity (Wildman–Crippen MR) is 117 cm³/mol. The highest BCUT2D eigenvalue weighted by molar-refractivity contribution is 14.0. The van der Waals surface area contributed by atoms with Crippen LogP contribution in [0.25, 0.3) is 0 Å².